The Bertz CT molecular complexity index is 1660. The van der Waals surface area contributed by atoms with E-state index in [0.717, 1.165) is 76.6 Å². The zero-order valence-corrected chi connectivity index (χ0v) is 22.9. The second-order valence-corrected chi connectivity index (χ2v) is 10.8. The molecule has 2 aromatic heterocycles. The number of thiazole rings is 1. The van der Waals surface area contributed by atoms with Gasteiger partial charge in [-0.05, 0) is 48.4 Å². The molecule has 0 saturated carbocycles. The zero-order chi connectivity index (χ0) is 27.3. The van der Waals surface area contributed by atoms with Crippen molar-refractivity contribution in [2.45, 2.75) is 38.5 Å². The molecule has 200 valence electrons. The van der Waals surface area contributed by atoms with Crippen LogP contribution in [0.3, 0.4) is 0 Å². The van der Waals surface area contributed by atoms with Gasteiger partial charge in [0, 0.05) is 22.0 Å². The molecule has 1 aliphatic rings. The summed E-state index contributed by atoms with van der Waals surface area (Å²) in [5, 5.41) is 5.91. The first-order chi connectivity index (χ1) is 19.7. The number of hydrogen-bond acceptors (Lipinski definition) is 6. The second kappa shape index (κ2) is 11.8. The minimum absolute atomic E-state index is 0.384. The van der Waals surface area contributed by atoms with Gasteiger partial charge in [0.1, 0.15) is 0 Å². The van der Waals surface area contributed by atoms with Gasteiger partial charge in [-0.1, -0.05) is 85.6 Å². The Kier molecular flexibility index (Phi) is 7.64. The fraction of sp³-hybridized carbons (Fsp3) is 0.212. The number of para-hydroxylation sites is 1. The standard InChI is InChI=1S/C33H29N3O3S/c37-30(36-33-35-29(21-40-33)24-18-16-23(17-19-24)22-10-4-3-5-11-22)20-39-32(38)31-25-12-6-1-2-7-14-27(25)34-28-15-9-8-13-26(28)31/h3-5,8-11,13,15-19,21H,1-2,6-7,12,14,20H2,(H,35,36,37). The van der Waals surface area contributed by atoms with Gasteiger partial charge in [-0.15, -0.1) is 11.3 Å². The molecule has 40 heavy (non-hydrogen) atoms. The maximum atomic E-state index is 13.4. The lowest BCUT2D eigenvalue weighted by Crippen LogP contribution is -2.22. The lowest BCUT2D eigenvalue weighted by molar-refractivity contribution is -0.119. The number of pyridine rings is 1. The van der Waals surface area contributed by atoms with E-state index < -0.39 is 11.9 Å². The molecule has 1 amide bonds. The Labute approximate surface area is 237 Å². The molecule has 0 fully saturated rings. The van der Waals surface area contributed by atoms with E-state index >= 15 is 0 Å². The van der Waals surface area contributed by atoms with Gasteiger partial charge in [-0.25, -0.2) is 9.78 Å². The van der Waals surface area contributed by atoms with Gasteiger partial charge >= 0.3 is 5.97 Å². The number of nitrogens with zero attached hydrogens (tertiary/aromatic N) is 2. The molecule has 7 heteroatoms. The molecule has 3 aromatic carbocycles. The first kappa shape index (κ1) is 25.9. The average Bonchev–Trinajstić information content (AvgIpc) is 3.44. The summed E-state index contributed by atoms with van der Waals surface area (Å²) in [4.78, 5) is 35.5. The molecule has 0 bridgehead atoms. The number of amides is 1. The Balaban J connectivity index is 1.13. The van der Waals surface area contributed by atoms with Crippen LogP contribution in [0.4, 0.5) is 5.13 Å². The number of rotatable bonds is 6. The first-order valence-electron chi connectivity index (χ1n) is 13.6. The number of hydrogen-bond donors (Lipinski definition) is 1. The number of fused-ring (bicyclic) bond motifs is 2. The number of carbonyl (C=O) groups is 2. The summed E-state index contributed by atoms with van der Waals surface area (Å²) in [7, 11) is 0. The zero-order valence-electron chi connectivity index (χ0n) is 22.1. The number of aromatic nitrogens is 2. The highest BCUT2D eigenvalue weighted by molar-refractivity contribution is 7.14. The molecule has 1 aliphatic carbocycles. The minimum Gasteiger partial charge on any atom is -0.452 e. The highest BCUT2D eigenvalue weighted by Crippen LogP contribution is 2.30. The Morgan fingerprint density at radius 3 is 2.30 bits per heavy atom. The van der Waals surface area contributed by atoms with E-state index in [-0.39, 0.29) is 6.61 Å². The van der Waals surface area contributed by atoms with Gasteiger partial charge in [-0.3, -0.25) is 15.1 Å². The van der Waals surface area contributed by atoms with Crippen LogP contribution < -0.4 is 5.32 Å². The van der Waals surface area contributed by atoms with Crippen molar-refractivity contribution in [2.75, 3.05) is 11.9 Å². The molecular formula is C33H29N3O3S. The van der Waals surface area contributed by atoms with E-state index in [9.17, 15) is 9.59 Å². The first-order valence-corrected chi connectivity index (χ1v) is 14.5. The van der Waals surface area contributed by atoms with E-state index in [2.05, 4.69) is 34.6 Å². The van der Waals surface area contributed by atoms with E-state index in [1.807, 2.05) is 60.0 Å². The lowest BCUT2D eigenvalue weighted by Gasteiger charge is -2.18. The molecule has 5 aromatic rings. The molecule has 0 spiro atoms. The number of esters is 1. The van der Waals surface area contributed by atoms with Crippen molar-refractivity contribution < 1.29 is 14.3 Å². The third-order valence-corrected chi connectivity index (χ3v) is 8.00. The Hall–Kier alpha value is -4.36. The number of ether oxygens (including phenoxy) is 1. The summed E-state index contributed by atoms with van der Waals surface area (Å²) >= 11 is 1.34. The van der Waals surface area contributed by atoms with Crippen LogP contribution in [0.5, 0.6) is 0 Å². The van der Waals surface area contributed by atoms with Crippen LogP contribution in [0.1, 0.15) is 47.3 Å². The highest BCUT2D eigenvalue weighted by atomic mass is 32.1. The van der Waals surface area contributed by atoms with Gasteiger partial charge in [0.25, 0.3) is 5.91 Å². The van der Waals surface area contributed by atoms with Gasteiger partial charge < -0.3 is 4.74 Å². The molecule has 0 aliphatic heterocycles. The van der Waals surface area contributed by atoms with Crippen molar-refractivity contribution in [3.8, 4) is 22.4 Å². The topological polar surface area (TPSA) is 81.2 Å². The van der Waals surface area contributed by atoms with E-state index in [4.69, 9.17) is 9.72 Å². The van der Waals surface area contributed by atoms with Crippen LogP contribution >= 0.6 is 11.3 Å². The van der Waals surface area contributed by atoms with Crippen LogP contribution in [-0.4, -0.2) is 28.5 Å². The Morgan fingerprint density at radius 1 is 0.775 bits per heavy atom. The Morgan fingerprint density at radius 2 is 1.48 bits per heavy atom. The molecule has 0 radical (unpaired) electrons. The normalized spacial score (nSPS) is 13.2. The molecular weight excluding hydrogens is 518 g/mol. The van der Waals surface area contributed by atoms with Crippen molar-refractivity contribution in [3.63, 3.8) is 0 Å². The smallest absolute Gasteiger partial charge is 0.339 e. The molecule has 1 N–H and O–H groups in total. The van der Waals surface area contributed by atoms with Crippen LogP contribution in [0.25, 0.3) is 33.3 Å². The predicted molar refractivity (Wildman–Crippen MR) is 160 cm³/mol. The second-order valence-electron chi connectivity index (χ2n) is 9.95. The van der Waals surface area contributed by atoms with Gasteiger partial charge in [-0.2, -0.15) is 0 Å². The number of aryl methyl sites for hydroxylation is 1. The summed E-state index contributed by atoms with van der Waals surface area (Å²) < 4.78 is 5.55. The number of benzene rings is 3. The summed E-state index contributed by atoms with van der Waals surface area (Å²) in [6, 6.07) is 26.0. The predicted octanol–water partition coefficient (Wildman–Crippen LogP) is 7.48. The van der Waals surface area contributed by atoms with E-state index in [1.165, 1.54) is 17.8 Å². The van der Waals surface area contributed by atoms with Crippen molar-refractivity contribution in [1.29, 1.82) is 0 Å². The monoisotopic (exact) mass is 547 g/mol. The highest BCUT2D eigenvalue weighted by Gasteiger charge is 2.23. The van der Waals surface area contributed by atoms with Crippen molar-refractivity contribution in [3.05, 3.63) is 101 Å². The maximum absolute atomic E-state index is 13.4. The third kappa shape index (κ3) is 5.65. The number of anilines is 1. The summed E-state index contributed by atoms with van der Waals surface area (Å²) in [5.74, 6) is -0.904. The molecule has 0 atom stereocenters. The fourth-order valence-electron chi connectivity index (χ4n) is 5.25. The summed E-state index contributed by atoms with van der Waals surface area (Å²) in [6.07, 6.45) is 6.01. The van der Waals surface area contributed by atoms with Crippen LogP contribution in [-0.2, 0) is 22.4 Å². The summed E-state index contributed by atoms with van der Waals surface area (Å²) in [6.45, 7) is -0.384. The quantitative estimate of drug-likeness (QED) is 0.223. The third-order valence-electron chi connectivity index (χ3n) is 7.25. The van der Waals surface area contributed by atoms with E-state index in [0.29, 0.717) is 10.7 Å². The average molecular weight is 548 g/mol. The molecule has 6 rings (SSSR count). The number of carbonyl (C=O) groups excluding carboxylic acids is 2. The SMILES string of the molecule is O=C(COC(=O)c1c2c(nc3ccccc13)CCCCCC2)Nc1nc(-c2ccc(-c3ccccc3)cc2)cs1. The van der Waals surface area contributed by atoms with Crippen molar-refractivity contribution >= 4 is 39.2 Å². The van der Waals surface area contributed by atoms with Gasteiger partial charge in [0.05, 0.1) is 16.8 Å². The van der Waals surface area contributed by atoms with Crippen LogP contribution in [0, 0.1) is 0 Å². The number of nitrogens with one attached hydrogen (secondary N) is 1. The van der Waals surface area contributed by atoms with Crippen molar-refractivity contribution in [1.82, 2.24) is 9.97 Å². The van der Waals surface area contributed by atoms with Crippen LogP contribution in [0.15, 0.2) is 84.2 Å². The van der Waals surface area contributed by atoms with Gasteiger partial charge in [0.15, 0.2) is 11.7 Å². The van der Waals surface area contributed by atoms with Crippen molar-refractivity contribution in [2.24, 2.45) is 0 Å². The maximum Gasteiger partial charge on any atom is 0.339 e. The van der Waals surface area contributed by atoms with Crippen LogP contribution in [0.2, 0.25) is 0 Å². The molecule has 0 unspecified atom stereocenters. The van der Waals surface area contributed by atoms with Gasteiger partial charge in [0.2, 0.25) is 0 Å². The molecule has 6 nitrogen and oxygen atoms in total. The minimum atomic E-state index is -0.482. The van der Waals surface area contributed by atoms with E-state index in [1.54, 1.807) is 0 Å². The lowest BCUT2D eigenvalue weighted by atomic mass is 9.91. The molecule has 0 saturated heterocycles. The largest absolute Gasteiger partial charge is 0.452 e. The fourth-order valence-corrected chi connectivity index (χ4v) is 5.98. The summed E-state index contributed by atoms with van der Waals surface area (Å²) in [5.41, 5.74) is 7.29. The molecule has 2 heterocycles.